The quantitative estimate of drug-likeness (QED) is 0.861. The molecule has 4 rings (SSSR count). The Balaban J connectivity index is 1.32. The number of aromatic nitrogens is 2. The van der Waals surface area contributed by atoms with Crippen LogP contribution in [0.4, 0.5) is 0 Å². The maximum Gasteiger partial charge on any atom is 0.253 e. The molecule has 3 heterocycles. The van der Waals surface area contributed by atoms with Crippen molar-refractivity contribution in [2.24, 2.45) is 0 Å². The maximum atomic E-state index is 12.6. The van der Waals surface area contributed by atoms with Gasteiger partial charge in [-0.2, -0.15) is 5.10 Å². The lowest BCUT2D eigenvalue weighted by Gasteiger charge is -2.39. The second-order valence-electron chi connectivity index (χ2n) is 7.24. The number of nitrogens with zero attached hydrogens (tertiary/aromatic N) is 4. The molecule has 2 saturated heterocycles. The highest BCUT2D eigenvalue weighted by Crippen LogP contribution is 2.23. The zero-order chi connectivity index (χ0) is 17.1. The highest BCUT2D eigenvalue weighted by Gasteiger charge is 2.32. The van der Waals surface area contributed by atoms with Crippen LogP contribution in [-0.2, 0) is 6.54 Å². The van der Waals surface area contributed by atoms with Crippen LogP contribution in [0.25, 0.3) is 0 Å². The Hall–Kier alpha value is -2.14. The van der Waals surface area contributed by atoms with Crippen LogP contribution in [-0.4, -0.2) is 51.7 Å². The normalized spacial score (nSPS) is 19.4. The first-order valence-electron chi connectivity index (χ1n) is 9.39. The van der Waals surface area contributed by atoms with Gasteiger partial charge in [0.25, 0.3) is 5.91 Å². The summed E-state index contributed by atoms with van der Waals surface area (Å²) < 4.78 is 1.94. The Morgan fingerprint density at radius 3 is 2.40 bits per heavy atom. The Kier molecular flexibility index (Phi) is 4.83. The van der Waals surface area contributed by atoms with Crippen molar-refractivity contribution in [3.05, 3.63) is 53.9 Å². The predicted octanol–water partition coefficient (Wildman–Crippen LogP) is 2.96. The van der Waals surface area contributed by atoms with Gasteiger partial charge < -0.3 is 4.90 Å². The minimum absolute atomic E-state index is 0.129. The number of benzene rings is 1. The first kappa shape index (κ1) is 16.3. The van der Waals surface area contributed by atoms with Gasteiger partial charge in [-0.3, -0.25) is 14.4 Å². The summed E-state index contributed by atoms with van der Waals surface area (Å²) in [5.41, 5.74) is 2.09. The Morgan fingerprint density at radius 1 is 1.04 bits per heavy atom. The molecule has 5 heteroatoms. The van der Waals surface area contributed by atoms with Gasteiger partial charge in [0.15, 0.2) is 0 Å². The first-order valence-corrected chi connectivity index (χ1v) is 9.39. The molecule has 1 aromatic heterocycles. The summed E-state index contributed by atoms with van der Waals surface area (Å²) in [4.78, 5) is 17.0. The maximum absolute atomic E-state index is 12.6. The molecule has 0 spiro atoms. The van der Waals surface area contributed by atoms with E-state index in [1.807, 2.05) is 34.0 Å². The van der Waals surface area contributed by atoms with Crippen LogP contribution in [0.3, 0.4) is 0 Å². The summed E-state index contributed by atoms with van der Waals surface area (Å²) in [7, 11) is 0. The fourth-order valence-electron chi connectivity index (χ4n) is 3.77. The van der Waals surface area contributed by atoms with Gasteiger partial charge in [-0.25, -0.2) is 0 Å². The largest absolute Gasteiger partial charge is 0.334 e. The van der Waals surface area contributed by atoms with Crippen molar-refractivity contribution in [2.75, 3.05) is 26.2 Å². The van der Waals surface area contributed by atoms with Crippen molar-refractivity contribution < 1.29 is 4.79 Å². The van der Waals surface area contributed by atoms with Gasteiger partial charge in [-0.05, 0) is 49.7 Å². The van der Waals surface area contributed by atoms with Crippen molar-refractivity contribution in [1.82, 2.24) is 19.6 Å². The molecule has 0 bridgehead atoms. The van der Waals surface area contributed by atoms with Crippen LogP contribution >= 0.6 is 0 Å². The lowest BCUT2D eigenvalue weighted by molar-refractivity contribution is 0.0501. The predicted molar refractivity (Wildman–Crippen MR) is 97.4 cm³/mol. The summed E-state index contributed by atoms with van der Waals surface area (Å²) >= 11 is 0. The van der Waals surface area contributed by atoms with Crippen LogP contribution in [0.2, 0.25) is 0 Å². The molecule has 0 N–H and O–H groups in total. The topological polar surface area (TPSA) is 41.4 Å². The molecule has 2 fully saturated rings. The lowest BCUT2D eigenvalue weighted by Crippen LogP contribution is -2.50. The van der Waals surface area contributed by atoms with E-state index in [2.05, 4.69) is 22.1 Å². The number of amides is 1. The highest BCUT2D eigenvalue weighted by atomic mass is 16.2. The average molecular weight is 338 g/mol. The molecular weight excluding hydrogens is 312 g/mol. The monoisotopic (exact) mass is 338 g/mol. The highest BCUT2D eigenvalue weighted by molar-refractivity contribution is 5.94. The standard InChI is InChI=1S/C20H26N4O/c25-20(23-15-19(16-23)24-13-5-10-21-24)18-8-6-17(7-9-18)14-22-11-3-1-2-4-12-22/h5-10,13,19H,1-4,11-12,14-16H2. The van der Waals surface area contributed by atoms with E-state index in [0.717, 1.165) is 25.2 Å². The molecule has 132 valence electrons. The summed E-state index contributed by atoms with van der Waals surface area (Å²) in [6.45, 7) is 4.89. The van der Waals surface area contributed by atoms with Crippen molar-refractivity contribution in [1.29, 1.82) is 0 Å². The van der Waals surface area contributed by atoms with Crippen molar-refractivity contribution in [2.45, 2.75) is 38.3 Å². The van der Waals surface area contributed by atoms with E-state index in [4.69, 9.17) is 0 Å². The zero-order valence-corrected chi connectivity index (χ0v) is 14.7. The van der Waals surface area contributed by atoms with Gasteiger partial charge in [0.1, 0.15) is 0 Å². The SMILES string of the molecule is O=C(c1ccc(CN2CCCCCC2)cc1)N1CC(n2cccn2)C1. The summed E-state index contributed by atoms with van der Waals surface area (Å²) in [6, 6.07) is 10.4. The lowest BCUT2D eigenvalue weighted by atomic mass is 10.1. The average Bonchev–Trinajstić information content (AvgIpc) is 2.98. The zero-order valence-electron chi connectivity index (χ0n) is 14.7. The summed E-state index contributed by atoms with van der Waals surface area (Å²) in [5.74, 6) is 0.129. The van der Waals surface area contributed by atoms with Crippen LogP contribution in [0.1, 0.15) is 47.6 Å². The molecule has 2 aliphatic rings. The minimum atomic E-state index is 0.129. The van der Waals surface area contributed by atoms with E-state index < -0.39 is 0 Å². The van der Waals surface area contributed by atoms with Gasteiger partial charge in [-0.1, -0.05) is 25.0 Å². The van der Waals surface area contributed by atoms with Crippen molar-refractivity contribution in [3.63, 3.8) is 0 Å². The molecule has 0 atom stereocenters. The molecule has 1 amide bonds. The summed E-state index contributed by atoms with van der Waals surface area (Å²) in [5, 5.41) is 4.25. The molecule has 25 heavy (non-hydrogen) atoms. The van der Waals surface area contributed by atoms with Crippen LogP contribution in [0, 0.1) is 0 Å². The molecule has 2 aromatic rings. The van der Waals surface area contributed by atoms with E-state index in [1.54, 1.807) is 6.20 Å². The molecule has 0 unspecified atom stereocenters. The van der Waals surface area contributed by atoms with Gasteiger partial charge in [-0.15, -0.1) is 0 Å². The third-order valence-electron chi connectivity index (χ3n) is 5.35. The van der Waals surface area contributed by atoms with E-state index in [9.17, 15) is 4.79 Å². The molecule has 0 radical (unpaired) electrons. The number of hydrogen-bond acceptors (Lipinski definition) is 3. The second-order valence-corrected chi connectivity index (χ2v) is 7.24. The number of carbonyl (C=O) groups excluding carboxylic acids is 1. The van der Waals surface area contributed by atoms with Crippen LogP contribution in [0.15, 0.2) is 42.7 Å². The smallest absolute Gasteiger partial charge is 0.253 e. The number of likely N-dealkylation sites (tertiary alicyclic amines) is 2. The van der Waals surface area contributed by atoms with Gasteiger partial charge in [0.2, 0.25) is 0 Å². The molecule has 0 aliphatic carbocycles. The van der Waals surface area contributed by atoms with Crippen molar-refractivity contribution >= 4 is 5.91 Å². The van der Waals surface area contributed by atoms with Crippen LogP contribution in [0.5, 0.6) is 0 Å². The molecule has 5 nitrogen and oxygen atoms in total. The number of rotatable bonds is 4. The Morgan fingerprint density at radius 2 is 1.76 bits per heavy atom. The third-order valence-corrected chi connectivity index (χ3v) is 5.35. The second kappa shape index (κ2) is 7.40. The number of hydrogen-bond donors (Lipinski definition) is 0. The fraction of sp³-hybridized carbons (Fsp3) is 0.500. The van der Waals surface area contributed by atoms with E-state index in [-0.39, 0.29) is 5.91 Å². The minimum Gasteiger partial charge on any atom is -0.334 e. The van der Waals surface area contributed by atoms with E-state index in [0.29, 0.717) is 6.04 Å². The molecular formula is C20H26N4O. The Bertz CT molecular complexity index is 681. The molecule has 1 aromatic carbocycles. The Labute approximate surface area is 149 Å². The molecule has 2 aliphatic heterocycles. The van der Waals surface area contributed by atoms with Crippen molar-refractivity contribution in [3.8, 4) is 0 Å². The fourth-order valence-corrected chi connectivity index (χ4v) is 3.77. The number of carbonyl (C=O) groups is 1. The van der Waals surface area contributed by atoms with Gasteiger partial charge >= 0.3 is 0 Å². The van der Waals surface area contributed by atoms with E-state index >= 15 is 0 Å². The molecule has 0 saturated carbocycles. The third kappa shape index (κ3) is 3.76. The van der Waals surface area contributed by atoms with Gasteiger partial charge in [0, 0.05) is 37.6 Å². The van der Waals surface area contributed by atoms with E-state index in [1.165, 1.54) is 44.3 Å². The first-order chi connectivity index (χ1) is 12.3. The van der Waals surface area contributed by atoms with Gasteiger partial charge in [0.05, 0.1) is 6.04 Å². The summed E-state index contributed by atoms with van der Waals surface area (Å²) in [6.07, 6.45) is 9.09. The van der Waals surface area contributed by atoms with Crippen LogP contribution < -0.4 is 0 Å².